The van der Waals surface area contributed by atoms with E-state index in [1.54, 1.807) is 9.80 Å². The molecule has 0 radical (unpaired) electrons. The molecule has 0 aliphatic carbocycles. The number of carbonyl (C=O) groups excluding carboxylic acids is 2. The van der Waals surface area contributed by atoms with Crippen molar-refractivity contribution in [3.8, 4) is 11.5 Å². The molecule has 2 aromatic carbocycles. The van der Waals surface area contributed by atoms with Crippen LogP contribution in [0.2, 0.25) is 0 Å². The van der Waals surface area contributed by atoms with Gasteiger partial charge in [0.1, 0.15) is 11.5 Å². The molecule has 6 nitrogen and oxygen atoms in total. The third-order valence-corrected chi connectivity index (χ3v) is 6.43. The number of hydrogen-bond donors (Lipinski definition) is 0. The van der Waals surface area contributed by atoms with Gasteiger partial charge in [0.25, 0.3) is 11.8 Å². The van der Waals surface area contributed by atoms with Crippen molar-refractivity contribution in [1.29, 1.82) is 0 Å². The summed E-state index contributed by atoms with van der Waals surface area (Å²) in [6.45, 7) is 9.77. The summed E-state index contributed by atoms with van der Waals surface area (Å²) in [6, 6.07) is 7.88. The lowest BCUT2D eigenvalue weighted by Gasteiger charge is -2.34. The summed E-state index contributed by atoms with van der Waals surface area (Å²) in [7, 11) is 0. The lowest BCUT2D eigenvalue weighted by atomic mass is 10.1. The largest absolute Gasteiger partial charge is 0.483 e. The quantitative estimate of drug-likeness (QED) is 0.513. The van der Waals surface area contributed by atoms with Gasteiger partial charge in [-0.2, -0.15) is 0 Å². The molecule has 172 valence electrons. The number of benzene rings is 2. The highest BCUT2D eigenvalue weighted by Crippen LogP contribution is 2.28. The summed E-state index contributed by atoms with van der Waals surface area (Å²) in [5, 5.41) is 0. The van der Waals surface area contributed by atoms with Crippen molar-refractivity contribution in [2.24, 2.45) is 0 Å². The van der Waals surface area contributed by atoms with Crippen LogP contribution in [0.5, 0.6) is 11.5 Å². The van der Waals surface area contributed by atoms with Crippen LogP contribution in [0.4, 0.5) is 0 Å². The van der Waals surface area contributed by atoms with E-state index < -0.39 is 0 Å². The SMILES string of the molecule is Cc1cc(Br)cc(C)c1OCC(=O)N1CCN(C(=O)COc2c(C)cc(Br)cc2C)CC1. The van der Waals surface area contributed by atoms with E-state index in [-0.39, 0.29) is 25.0 Å². The summed E-state index contributed by atoms with van der Waals surface area (Å²) in [5.41, 5.74) is 3.93. The van der Waals surface area contributed by atoms with E-state index in [9.17, 15) is 9.59 Å². The zero-order chi connectivity index (χ0) is 23.4. The van der Waals surface area contributed by atoms with Crippen molar-refractivity contribution in [2.45, 2.75) is 27.7 Å². The van der Waals surface area contributed by atoms with Crippen LogP contribution >= 0.6 is 31.9 Å². The first-order valence-electron chi connectivity index (χ1n) is 10.5. The number of ether oxygens (including phenoxy) is 2. The van der Waals surface area contributed by atoms with Gasteiger partial charge in [-0.15, -0.1) is 0 Å². The predicted molar refractivity (Wildman–Crippen MR) is 131 cm³/mol. The van der Waals surface area contributed by atoms with E-state index in [2.05, 4.69) is 31.9 Å². The minimum absolute atomic E-state index is 0.0114. The molecule has 0 N–H and O–H groups in total. The Morgan fingerprint density at radius 3 is 1.25 bits per heavy atom. The normalized spacial score (nSPS) is 13.8. The zero-order valence-corrected chi connectivity index (χ0v) is 22.0. The highest BCUT2D eigenvalue weighted by Gasteiger charge is 2.25. The van der Waals surface area contributed by atoms with Crippen molar-refractivity contribution < 1.29 is 19.1 Å². The molecule has 0 bridgehead atoms. The standard InChI is InChI=1S/C24H28Br2N2O4/c1-15-9-19(25)10-16(2)23(15)31-13-21(29)27-5-7-28(8-6-27)22(30)14-32-24-17(3)11-20(26)12-18(24)4/h9-12H,5-8,13-14H2,1-4H3. The molecule has 1 fully saturated rings. The van der Waals surface area contributed by atoms with Crippen LogP contribution in [-0.2, 0) is 9.59 Å². The van der Waals surface area contributed by atoms with Gasteiger partial charge in [-0.05, 0) is 74.2 Å². The minimum Gasteiger partial charge on any atom is -0.483 e. The molecule has 1 saturated heterocycles. The molecule has 2 amide bonds. The van der Waals surface area contributed by atoms with Crippen molar-refractivity contribution in [3.63, 3.8) is 0 Å². The van der Waals surface area contributed by atoms with Crippen LogP contribution in [-0.4, -0.2) is 61.0 Å². The molecule has 32 heavy (non-hydrogen) atoms. The van der Waals surface area contributed by atoms with E-state index in [0.29, 0.717) is 26.2 Å². The number of hydrogen-bond acceptors (Lipinski definition) is 4. The minimum atomic E-state index is -0.0730. The zero-order valence-electron chi connectivity index (χ0n) is 18.8. The maximum Gasteiger partial charge on any atom is 0.260 e. The summed E-state index contributed by atoms with van der Waals surface area (Å²) >= 11 is 6.93. The maximum absolute atomic E-state index is 12.6. The summed E-state index contributed by atoms with van der Waals surface area (Å²) in [6.07, 6.45) is 0. The van der Waals surface area contributed by atoms with Crippen molar-refractivity contribution in [2.75, 3.05) is 39.4 Å². The fourth-order valence-electron chi connectivity index (χ4n) is 3.91. The Balaban J connectivity index is 1.47. The second-order valence-electron chi connectivity index (χ2n) is 8.08. The second-order valence-corrected chi connectivity index (χ2v) is 9.91. The molecule has 1 aliphatic heterocycles. The molecule has 0 saturated carbocycles. The van der Waals surface area contributed by atoms with E-state index in [4.69, 9.17) is 9.47 Å². The first kappa shape index (κ1) is 24.6. The van der Waals surface area contributed by atoms with Crippen LogP contribution < -0.4 is 9.47 Å². The third-order valence-electron chi connectivity index (χ3n) is 5.52. The summed E-state index contributed by atoms with van der Waals surface area (Å²) in [5.74, 6) is 1.34. The average molecular weight is 568 g/mol. The Labute approximate surface area is 206 Å². The lowest BCUT2D eigenvalue weighted by Crippen LogP contribution is -2.52. The van der Waals surface area contributed by atoms with Gasteiger partial charge < -0.3 is 19.3 Å². The third kappa shape index (κ3) is 6.04. The number of nitrogens with zero attached hydrogens (tertiary/aromatic N) is 2. The first-order valence-corrected chi connectivity index (χ1v) is 12.1. The first-order chi connectivity index (χ1) is 15.2. The molecule has 8 heteroatoms. The molecule has 1 aliphatic rings. The number of carbonyl (C=O) groups is 2. The van der Waals surface area contributed by atoms with Gasteiger partial charge in [-0.3, -0.25) is 9.59 Å². The van der Waals surface area contributed by atoms with Gasteiger partial charge in [0.15, 0.2) is 13.2 Å². The van der Waals surface area contributed by atoms with Crippen LogP contribution in [0.1, 0.15) is 22.3 Å². The molecule has 0 spiro atoms. The van der Waals surface area contributed by atoms with E-state index in [1.807, 2.05) is 52.0 Å². The Morgan fingerprint density at radius 2 is 0.969 bits per heavy atom. The van der Waals surface area contributed by atoms with Crippen molar-refractivity contribution in [3.05, 3.63) is 55.5 Å². The molecule has 0 unspecified atom stereocenters. The van der Waals surface area contributed by atoms with Gasteiger partial charge >= 0.3 is 0 Å². The van der Waals surface area contributed by atoms with Gasteiger partial charge in [0, 0.05) is 35.1 Å². The average Bonchev–Trinajstić information content (AvgIpc) is 2.72. The van der Waals surface area contributed by atoms with Crippen LogP contribution in [0.25, 0.3) is 0 Å². The fraction of sp³-hybridized carbons (Fsp3) is 0.417. The number of halogens is 2. The molecule has 0 atom stereocenters. The van der Waals surface area contributed by atoms with E-state index in [1.165, 1.54) is 0 Å². The number of rotatable bonds is 6. The van der Waals surface area contributed by atoms with Gasteiger partial charge in [-0.25, -0.2) is 0 Å². The molecule has 3 rings (SSSR count). The summed E-state index contributed by atoms with van der Waals surface area (Å²) in [4.78, 5) is 28.7. The Kier molecular flexibility index (Phi) is 8.22. The van der Waals surface area contributed by atoms with Crippen LogP contribution in [0.15, 0.2) is 33.2 Å². The van der Waals surface area contributed by atoms with Crippen molar-refractivity contribution in [1.82, 2.24) is 9.80 Å². The smallest absolute Gasteiger partial charge is 0.260 e. The fourth-order valence-corrected chi connectivity index (χ4v) is 5.28. The van der Waals surface area contributed by atoms with Gasteiger partial charge in [0.2, 0.25) is 0 Å². The molecular formula is C24H28Br2N2O4. The summed E-state index contributed by atoms with van der Waals surface area (Å²) < 4.78 is 13.6. The Morgan fingerprint density at radius 1 is 0.688 bits per heavy atom. The maximum atomic E-state index is 12.6. The molecule has 0 aromatic heterocycles. The van der Waals surface area contributed by atoms with Gasteiger partial charge in [-0.1, -0.05) is 31.9 Å². The molecular weight excluding hydrogens is 540 g/mol. The van der Waals surface area contributed by atoms with Gasteiger partial charge in [0.05, 0.1) is 0 Å². The highest BCUT2D eigenvalue weighted by atomic mass is 79.9. The van der Waals surface area contributed by atoms with Crippen molar-refractivity contribution >= 4 is 43.7 Å². The number of aryl methyl sites for hydroxylation is 4. The number of piperazine rings is 1. The highest BCUT2D eigenvalue weighted by molar-refractivity contribution is 9.10. The lowest BCUT2D eigenvalue weighted by molar-refractivity contribution is -0.141. The monoisotopic (exact) mass is 566 g/mol. The molecule has 1 heterocycles. The van der Waals surface area contributed by atoms with Crippen LogP contribution in [0, 0.1) is 27.7 Å². The van der Waals surface area contributed by atoms with Crippen LogP contribution in [0.3, 0.4) is 0 Å². The number of amides is 2. The molecule has 2 aromatic rings. The van der Waals surface area contributed by atoms with E-state index >= 15 is 0 Å². The van der Waals surface area contributed by atoms with E-state index in [0.717, 1.165) is 42.7 Å². The Hall–Kier alpha value is -2.06. The second kappa shape index (κ2) is 10.7. The topological polar surface area (TPSA) is 59.1 Å². The Bertz CT molecular complexity index is 890. The predicted octanol–water partition coefficient (Wildman–Crippen LogP) is 4.57.